The number of carbonyl (C=O) groups is 1. The summed E-state index contributed by atoms with van der Waals surface area (Å²) in [6.07, 6.45) is 0. The van der Waals surface area contributed by atoms with Gasteiger partial charge in [0, 0.05) is 10.0 Å². The fourth-order valence-electron chi connectivity index (χ4n) is 2.31. The first-order valence-corrected chi connectivity index (χ1v) is 8.02. The molecule has 3 rings (SSSR count). The molecule has 0 bridgehead atoms. The van der Waals surface area contributed by atoms with E-state index in [1.807, 2.05) is 37.3 Å². The molecule has 0 heterocycles. The van der Waals surface area contributed by atoms with Crippen LogP contribution in [0.1, 0.15) is 22.8 Å². The van der Waals surface area contributed by atoms with Crippen molar-refractivity contribution in [2.45, 2.75) is 6.92 Å². The van der Waals surface area contributed by atoms with Gasteiger partial charge in [0.05, 0.1) is 5.71 Å². The van der Waals surface area contributed by atoms with E-state index in [9.17, 15) is 4.79 Å². The van der Waals surface area contributed by atoms with Crippen molar-refractivity contribution < 1.29 is 4.79 Å². The van der Waals surface area contributed by atoms with Gasteiger partial charge in [0.25, 0.3) is 5.91 Å². The summed E-state index contributed by atoms with van der Waals surface area (Å²) in [5.74, 6) is -0.230. The highest BCUT2D eigenvalue weighted by Crippen LogP contribution is 2.16. The maximum absolute atomic E-state index is 12.1. The summed E-state index contributed by atoms with van der Waals surface area (Å²) in [6, 6.07) is 21.5. The molecule has 0 fully saturated rings. The van der Waals surface area contributed by atoms with Gasteiger partial charge < -0.3 is 0 Å². The summed E-state index contributed by atoms with van der Waals surface area (Å²) in [5, 5.41) is 6.54. The summed E-state index contributed by atoms with van der Waals surface area (Å²) in [4.78, 5) is 12.1. The molecule has 0 aliphatic rings. The number of nitrogens with zero attached hydrogens (tertiary/aromatic N) is 1. The number of benzene rings is 3. The van der Waals surface area contributed by atoms with E-state index >= 15 is 0 Å². The Hall–Kier alpha value is -2.46. The average molecular weight is 367 g/mol. The zero-order valence-corrected chi connectivity index (χ0v) is 14.2. The van der Waals surface area contributed by atoms with Crippen molar-refractivity contribution in [3.63, 3.8) is 0 Å². The lowest BCUT2D eigenvalue weighted by atomic mass is 10.0. The van der Waals surface area contributed by atoms with Gasteiger partial charge in [0.15, 0.2) is 0 Å². The van der Waals surface area contributed by atoms with Crippen LogP contribution in [0.5, 0.6) is 0 Å². The van der Waals surface area contributed by atoms with E-state index in [4.69, 9.17) is 0 Å². The van der Waals surface area contributed by atoms with E-state index in [1.165, 1.54) is 5.39 Å². The zero-order valence-electron chi connectivity index (χ0n) is 12.6. The Labute approximate surface area is 143 Å². The van der Waals surface area contributed by atoms with Crippen LogP contribution >= 0.6 is 15.9 Å². The Balaban J connectivity index is 1.79. The molecule has 0 radical (unpaired) electrons. The topological polar surface area (TPSA) is 41.5 Å². The third kappa shape index (κ3) is 3.66. The first-order valence-electron chi connectivity index (χ1n) is 7.23. The Morgan fingerprint density at radius 3 is 2.48 bits per heavy atom. The van der Waals surface area contributed by atoms with Gasteiger partial charge in [-0.05, 0) is 47.5 Å². The molecular formula is C19H15BrN2O. The predicted octanol–water partition coefficient (Wildman–Crippen LogP) is 4.76. The van der Waals surface area contributed by atoms with Gasteiger partial charge in [-0.2, -0.15) is 5.10 Å². The van der Waals surface area contributed by atoms with Crippen LogP contribution in [0.25, 0.3) is 10.8 Å². The van der Waals surface area contributed by atoms with Crippen LogP contribution in [0.3, 0.4) is 0 Å². The third-order valence-electron chi connectivity index (χ3n) is 3.58. The quantitative estimate of drug-likeness (QED) is 0.527. The van der Waals surface area contributed by atoms with E-state index in [0.29, 0.717) is 5.56 Å². The molecule has 114 valence electrons. The fraction of sp³-hybridized carbons (Fsp3) is 0.0526. The number of hydrogen-bond donors (Lipinski definition) is 1. The van der Waals surface area contributed by atoms with Crippen molar-refractivity contribution in [3.8, 4) is 0 Å². The SMILES string of the molecule is CC(=NNC(=O)c1cccc(Br)c1)c1ccc2ccccc2c1. The van der Waals surface area contributed by atoms with Gasteiger partial charge >= 0.3 is 0 Å². The minimum absolute atomic E-state index is 0.230. The Bertz CT molecular complexity index is 903. The summed E-state index contributed by atoms with van der Waals surface area (Å²) in [5.41, 5.74) is 4.91. The molecule has 3 nitrogen and oxygen atoms in total. The lowest BCUT2D eigenvalue weighted by Crippen LogP contribution is -2.19. The molecule has 0 aliphatic heterocycles. The molecule has 1 N–H and O–H groups in total. The standard InChI is InChI=1S/C19H15BrN2O/c1-13(15-10-9-14-5-2-3-6-16(14)11-15)21-22-19(23)17-7-4-8-18(20)12-17/h2-12H,1H3,(H,22,23). The first kappa shape index (κ1) is 15.4. The molecule has 3 aromatic carbocycles. The van der Waals surface area contributed by atoms with Crippen molar-refractivity contribution in [2.24, 2.45) is 5.10 Å². The molecule has 3 aromatic rings. The van der Waals surface area contributed by atoms with Crippen molar-refractivity contribution >= 4 is 38.3 Å². The van der Waals surface area contributed by atoms with E-state index in [1.54, 1.807) is 12.1 Å². The number of hydrazone groups is 1. The highest BCUT2D eigenvalue weighted by molar-refractivity contribution is 9.10. The van der Waals surface area contributed by atoms with Gasteiger partial charge in [-0.15, -0.1) is 0 Å². The Morgan fingerprint density at radius 1 is 0.913 bits per heavy atom. The zero-order chi connectivity index (χ0) is 16.2. The van der Waals surface area contributed by atoms with Crippen LogP contribution in [0.15, 0.2) is 76.3 Å². The van der Waals surface area contributed by atoms with Gasteiger partial charge in [-0.25, -0.2) is 5.43 Å². The number of fused-ring (bicyclic) bond motifs is 1. The van der Waals surface area contributed by atoms with Crippen LogP contribution in [-0.2, 0) is 0 Å². The summed E-state index contributed by atoms with van der Waals surface area (Å²) in [7, 11) is 0. The highest BCUT2D eigenvalue weighted by Gasteiger charge is 2.05. The second kappa shape index (κ2) is 6.75. The summed E-state index contributed by atoms with van der Waals surface area (Å²) >= 11 is 3.35. The molecule has 0 atom stereocenters. The number of halogens is 1. The fourth-order valence-corrected chi connectivity index (χ4v) is 2.71. The normalized spacial score (nSPS) is 11.5. The maximum Gasteiger partial charge on any atom is 0.271 e. The van der Waals surface area contributed by atoms with Gasteiger partial charge in [0.1, 0.15) is 0 Å². The molecular weight excluding hydrogens is 352 g/mol. The minimum atomic E-state index is -0.230. The van der Waals surface area contributed by atoms with Crippen LogP contribution in [0.2, 0.25) is 0 Å². The lowest BCUT2D eigenvalue weighted by Gasteiger charge is -2.05. The second-order valence-electron chi connectivity index (χ2n) is 5.21. The van der Waals surface area contributed by atoms with Crippen LogP contribution in [0, 0.1) is 0 Å². The molecule has 0 spiro atoms. The predicted molar refractivity (Wildman–Crippen MR) is 97.8 cm³/mol. The van der Waals surface area contributed by atoms with Gasteiger partial charge in [0.2, 0.25) is 0 Å². The highest BCUT2D eigenvalue weighted by atomic mass is 79.9. The smallest absolute Gasteiger partial charge is 0.267 e. The van der Waals surface area contributed by atoms with Crippen LogP contribution in [0.4, 0.5) is 0 Å². The number of hydrogen-bond acceptors (Lipinski definition) is 2. The van der Waals surface area contributed by atoms with Crippen LogP contribution in [-0.4, -0.2) is 11.6 Å². The van der Waals surface area contributed by atoms with Crippen molar-refractivity contribution in [1.82, 2.24) is 5.43 Å². The Morgan fingerprint density at radius 2 is 1.70 bits per heavy atom. The molecule has 0 aromatic heterocycles. The van der Waals surface area contributed by atoms with E-state index < -0.39 is 0 Å². The average Bonchev–Trinajstić information content (AvgIpc) is 2.59. The largest absolute Gasteiger partial charge is 0.271 e. The molecule has 0 unspecified atom stereocenters. The van der Waals surface area contributed by atoms with E-state index in [0.717, 1.165) is 21.1 Å². The van der Waals surface area contributed by atoms with Gasteiger partial charge in [-0.1, -0.05) is 58.4 Å². The van der Waals surface area contributed by atoms with Crippen molar-refractivity contribution in [2.75, 3.05) is 0 Å². The molecule has 4 heteroatoms. The van der Waals surface area contributed by atoms with E-state index in [-0.39, 0.29) is 5.91 Å². The second-order valence-corrected chi connectivity index (χ2v) is 6.13. The molecule has 1 amide bonds. The maximum atomic E-state index is 12.1. The Kier molecular flexibility index (Phi) is 4.53. The molecule has 0 saturated carbocycles. The van der Waals surface area contributed by atoms with Crippen molar-refractivity contribution in [3.05, 3.63) is 82.3 Å². The number of amides is 1. The molecule has 0 saturated heterocycles. The van der Waals surface area contributed by atoms with E-state index in [2.05, 4.69) is 50.7 Å². The number of carbonyl (C=O) groups excluding carboxylic acids is 1. The molecule has 23 heavy (non-hydrogen) atoms. The summed E-state index contributed by atoms with van der Waals surface area (Å²) in [6.45, 7) is 1.88. The minimum Gasteiger partial charge on any atom is -0.267 e. The summed E-state index contributed by atoms with van der Waals surface area (Å²) < 4.78 is 0.861. The first-order chi connectivity index (χ1) is 11.1. The van der Waals surface area contributed by atoms with Crippen LogP contribution < -0.4 is 5.43 Å². The third-order valence-corrected chi connectivity index (χ3v) is 4.07. The number of nitrogens with one attached hydrogen (secondary N) is 1. The van der Waals surface area contributed by atoms with Crippen molar-refractivity contribution in [1.29, 1.82) is 0 Å². The monoisotopic (exact) mass is 366 g/mol. The lowest BCUT2D eigenvalue weighted by molar-refractivity contribution is 0.0955. The van der Waals surface area contributed by atoms with Gasteiger partial charge in [-0.3, -0.25) is 4.79 Å². The molecule has 0 aliphatic carbocycles. The number of rotatable bonds is 3.